The first-order valence-electron chi connectivity index (χ1n) is 30.1. The zero-order chi connectivity index (χ0) is 50.0. The number of hydrogen-bond donors (Lipinski definition) is 0. The van der Waals surface area contributed by atoms with Gasteiger partial charge >= 0.3 is 17.9 Å². The van der Waals surface area contributed by atoms with Crippen LogP contribution in [0.2, 0.25) is 0 Å². The molecule has 0 aromatic carbocycles. The average molecular weight is 968 g/mol. The third kappa shape index (κ3) is 56.2. The van der Waals surface area contributed by atoms with Gasteiger partial charge in [-0.1, -0.05) is 288 Å². The smallest absolute Gasteiger partial charge is 0.306 e. The summed E-state index contributed by atoms with van der Waals surface area (Å²) in [6.45, 7) is 6.50. The molecule has 0 saturated carbocycles. The van der Waals surface area contributed by atoms with E-state index in [9.17, 15) is 14.4 Å². The largest absolute Gasteiger partial charge is 0.462 e. The first-order valence-corrected chi connectivity index (χ1v) is 30.1. The summed E-state index contributed by atoms with van der Waals surface area (Å²) in [4.78, 5) is 37.9. The van der Waals surface area contributed by atoms with E-state index in [-0.39, 0.29) is 31.1 Å². The number of hydrogen-bond acceptors (Lipinski definition) is 6. The third-order valence-corrected chi connectivity index (χ3v) is 13.3. The maximum absolute atomic E-state index is 12.8. The number of ether oxygens (including phenoxy) is 3. The molecule has 0 heterocycles. The molecule has 402 valence electrons. The van der Waals surface area contributed by atoms with E-state index in [1.807, 2.05) is 0 Å². The monoisotopic (exact) mass is 967 g/mol. The van der Waals surface area contributed by atoms with E-state index in [2.05, 4.69) is 69.4 Å². The summed E-state index contributed by atoms with van der Waals surface area (Å²) in [6.07, 6.45) is 71.6. The van der Waals surface area contributed by atoms with Crippen LogP contribution in [-0.4, -0.2) is 37.2 Å². The molecule has 0 aromatic heterocycles. The molecule has 0 amide bonds. The Hall–Kier alpha value is -2.63. The van der Waals surface area contributed by atoms with Gasteiger partial charge in [-0.05, 0) is 57.8 Å². The molecule has 1 unspecified atom stereocenters. The molecule has 69 heavy (non-hydrogen) atoms. The Morgan fingerprint density at radius 1 is 0.304 bits per heavy atom. The van der Waals surface area contributed by atoms with E-state index in [0.29, 0.717) is 19.3 Å². The topological polar surface area (TPSA) is 78.9 Å². The Morgan fingerprint density at radius 3 is 0.884 bits per heavy atom. The van der Waals surface area contributed by atoms with Crippen molar-refractivity contribution in [3.8, 4) is 0 Å². The Balaban J connectivity index is 3.95. The van der Waals surface area contributed by atoms with Crippen LogP contribution < -0.4 is 0 Å². The minimum absolute atomic E-state index is 0.0672. The van der Waals surface area contributed by atoms with Crippen LogP contribution >= 0.6 is 0 Å². The van der Waals surface area contributed by atoms with E-state index in [1.54, 1.807) is 0 Å². The summed E-state index contributed by atoms with van der Waals surface area (Å²) in [5.41, 5.74) is 0. The van der Waals surface area contributed by atoms with Crippen LogP contribution in [0.3, 0.4) is 0 Å². The van der Waals surface area contributed by atoms with Crippen molar-refractivity contribution in [3.05, 3.63) is 48.6 Å². The first-order chi connectivity index (χ1) is 34.0. The lowest BCUT2D eigenvalue weighted by Crippen LogP contribution is -2.30. The van der Waals surface area contributed by atoms with Gasteiger partial charge in [-0.2, -0.15) is 0 Å². The van der Waals surface area contributed by atoms with Gasteiger partial charge in [-0.25, -0.2) is 0 Å². The first kappa shape index (κ1) is 66.4. The Bertz CT molecular complexity index is 1200. The minimum atomic E-state index is -0.764. The Morgan fingerprint density at radius 2 is 0.565 bits per heavy atom. The van der Waals surface area contributed by atoms with Gasteiger partial charge in [0.1, 0.15) is 13.2 Å². The highest BCUT2D eigenvalue weighted by atomic mass is 16.6. The van der Waals surface area contributed by atoms with Crippen molar-refractivity contribution in [1.82, 2.24) is 0 Å². The standard InChI is InChI=1S/C63H114O6/c1-4-7-10-13-16-18-20-22-24-25-26-27-28-29-30-31-32-33-34-35-36-37-38-39-40-42-43-45-47-50-53-56-62(65)68-59-60(58-67-61(64)55-52-49-15-12-9-6-3)69-63(66)57-54-51-48-46-44-41-23-21-19-17-14-11-8-5-2/h7,10,16,18,22,24,26-27,60H,4-6,8-9,11-15,17,19-21,23,25,28-59H2,1-3H3/b10-7-,18-16-,24-22-,27-26-. The molecular formula is C63H114O6. The van der Waals surface area contributed by atoms with Crippen LogP contribution in [0.1, 0.15) is 316 Å². The summed E-state index contributed by atoms with van der Waals surface area (Å²) in [6, 6.07) is 0. The molecule has 0 spiro atoms. The van der Waals surface area contributed by atoms with Crippen LogP contribution in [-0.2, 0) is 28.6 Å². The molecule has 0 bridgehead atoms. The van der Waals surface area contributed by atoms with Gasteiger partial charge in [-0.3, -0.25) is 14.4 Å². The second-order valence-electron chi connectivity index (χ2n) is 20.2. The highest BCUT2D eigenvalue weighted by molar-refractivity contribution is 5.71. The summed E-state index contributed by atoms with van der Waals surface area (Å²) >= 11 is 0. The quantitative estimate of drug-likeness (QED) is 0.0262. The number of esters is 3. The number of unbranched alkanes of at least 4 members (excludes halogenated alkanes) is 36. The lowest BCUT2D eigenvalue weighted by Gasteiger charge is -2.18. The molecule has 0 aliphatic rings. The SMILES string of the molecule is CC/C=C\C/C=C\C/C=C\C/C=C\CCCCCCCCCCCCCCCCCCCCC(=O)OCC(COC(=O)CCCCCCCC)OC(=O)CCCCCCCCCCCCCCCC. The van der Waals surface area contributed by atoms with Crippen molar-refractivity contribution in [1.29, 1.82) is 0 Å². The number of rotatable bonds is 55. The molecule has 0 fully saturated rings. The predicted molar refractivity (Wildman–Crippen MR) is 298 cm³/mol. The van der Waals surface area contributed by atoms with Crippen LogP contribution in [0, 0.1) is 0 Å². The van der Waals surface area contributed by atoms with Crippen molar-refractivity contribution in [3.63, 3.8) is 0 Å². The zero-order valence-corrected chi connectivity index (χ0v) is 46.1. The van der Waals surface area contributed by atoms with Crippen molar-refractivity contribution < 1.29 is 28.6 Å². The molecule has 0 N–H and O–H groups in total. The molecule has 6 heteroatoms. The molecule has 0 aliphatic carbocycles. The average Bonchev–Trinajstić information content (AvgIpc) is 3.35. The lowest BCUT2D eigenvalue weighted by atomic mass is 10.0. The van der Waals surface area contributed by atoms with Gasteiger partial charge in [0.2, 0.25) is 0 Å². The van der Waals surface area contributed by atoms with Gasteiger partial charge in [0.05, 0.1) is 0 Å². The molecular weight excluding hydrogens is 853 g/mol. The van der Waals surface area contributed by atoms with E-state index in [0.717, 1.165) is 83.5 Å². The molecule has 0 radical (unpaired) electrons. The number of carbonyl (C=O) groups excluding carboxylic acids is 3. The summed E-state index contributed by atoms with van der Waals surface area (Å²) in [7, 11) is 0. The van der Waals surface area contributed by atoms with Crippen molar-refractivity contribution >= 4 is 17.9 Å². The van der Waals surface area contributed by atoms with Gasteiger partial charge in [-0.15, -0.1) is 0 Å². The zero-order valence-electron chi connectivity index (χ0n) is 46.1. The van der Waals surface area contributed by atoms with Crippen molar-refractivity contribution in [2.75, 3.05) is 13.2 Å². The van der Waals surface area contributed by atoms with E-state index in [1.165, 1.54) is 193 Å². The number of allylic oxidation sites excluding steroid dienone is 8. The van der Waals surface area contributed by atoms with E-state index < -0.39 is 6.10 Å². The maximum atomic E-state index is 12.8. The normalized spacial score (nSPS) is 12.3. The molecule has 6 nitrogen and oxygen atoms in total. The van der Waals surface area contributed by atoms with Crippen molar-refractivity contribution in [2.45, 2.75) is 322 Å². The van der Waals surface area contributed by atoms with E-state index in [4.69, 9.17) is 14.2 Å². The van der Waals surface area contributed by atoms with Gasteiger partial charge in [0.25, 0.3) is 0 Å². The summed E-state index contributed by atoms with van der Waals surface area (Å²) < 4.78 is 16.8. The van der Waals surface area contributed by atoms with Crippen LogP contribution in [0.4, 0.5) is 0 Å². The fraction of sp³-hybridized carbons (Fsp3) is 0.825. The van der Waals surface area contributed by atoms with Crippen molar-refractivity contribution in [2.24, 2.45) is 0 Å². The summed E-state index contributed by atoms with van der Waals surface area (Å²) in [5.74, 6) is -0.860. The van der Waals surface area contributed by atoms with Gasteiger partial charge < -0.3 is 14.2 Å². The summed E-state index contributed by atoms with van der Waals surface area (Å²) in [5, 5.41) is 0. The van der Waals surface area contributed by atoms with Crippen LogP contribution in [0.5, 0.6) is 0 Å². The fourth-order valence-electron chi connectivity index (χ4n) is 8.85. The molecule has 0 rings (SSSR count). The lowest BCUT2D eigenvalue weighted by molar-refractivity contribution is -0.167. The highest BCUT2D eigenvalue weighted by Gasteiger charge is 2.19. The maximum Gasteiger partial charge on any atom is 0.306 e. The second-order valence-corrected chi connectivity index (χ2v) is 20.2. The highest BCUT2D eigenvalue weighted by Crippen LogP contribution is 2.17. The molecule has 1 atom stereocenters. The predicted octanol–water partition coefficient (Wildman–Crippen LogP) is 20.2. The fourth-order valence-corrected chi connectivity index (χ4v) is 8.85. The Kier molecular flexibility index (Phi) is 55.7. The van der Waals surface area contributed by atoms with Gasteiger partial charge in [0, 0.05) is 19.3 Å². The molecule has 0 aromatic rings. The van der Waals surface area contributed by atoms with Gasteiger partial charge in [0.15, 0.2) is 6.10 Å². The van der Waals surface area contributed by atoms with E-state index >= 15 is 0 Å². The molecule has 0 aliphatic heterocycles. The number of carbonyl (C=O) groups is 3. The third-order valence-electron chi connectivity index (χ3n) is 13.3. The second kappa shape index (κ2) is 57.9. The Labute approximate surface area is 428 Å². The van der Waals surface area contributed by atoms with Crippen LogP contribution in [0.25, 0.3) is 0 Å². The minimum Gasteiger partial charge on any atom is -0.462 e. The van der Waals surface area contributed by atoms with Crippen LogP contribution in [0.15, 0.2) is 48.6 Å². The molecule has 0 saturated heterocycles.